The van der Waals surface area contributed by atoms with Crippen molar-refractivity contribution in [2.45, 2.75) is 51.4 Å². The van der Waals surface area contributed by atoms with Gasteiger partial charge in [-0.1, -0.05) is 25.7 Å². The zero-order chi connectivity index (χ0) is 17.8. The van der Waals surface area contributed by atoms with Gasteiger partial charge in [-0.2, -0.15) is 0 Å². The Morgan fingerprint density at radius 3 is 2.00 bits per heavy atom. The van der Waals surface area contributed by atoms with Gasteiger partial charge in [0.2, 0.25) is 5.91 Å². The third-order valence-corrected chi connectivity index (χ3v) is 6.26. The highest BCUT2D eigenvalue weighted by Crippen LogP contribution is 2.29. The van der Waals surface area contributed by atoms with Crippen molar-refractivity contribution in [1.29, 1.82) is 0 Å². The molecule has 142 valence electrons. The van der Waals surface area contributed by atoms with Crippen molar-refractivity contribution in [3.8, 4) is 0 Å². The highest BCUT2D eigenvalue weighted by atomic mass is 16.2. The van der Waals surface area contributed by atoms with Gasteiger partial charge < -0.3 is 14.7 Å². The summed E-state index contributed by atoms with van der Waals surface area (Å²) in [4.78, 5) is 19.1. The Labute approximate surface area is 156 Å². The summed E-state index contributed by atoms with van der Waals surface area (Å²) in [7, 11) is 0. The summed E-state index contributed by atoms with van der Waals surface area (Å²) in [6.07, 6.45) is 9.68. The molecule has 0 bridgehead atoms. The predicted octanol–water partition coefficient (Wildman–Crippen LogP) is 2.70. The van der Waals surface area contributed by atoms with Gasteiger partial charge in [-0.05, 0) is 37.3 Å². The summed E-state index contributed by atoms with van der Waals surface area (Å²) >= 11 is 0. The lowest BCUT2D eigenvalue weighted by atomic mass is 10.0. The molecule has 1 aromatic heterocycles. The number of carbonyl (C=O) groups excluding carboxylic acids is 1. The van der Waals surface area contributed by atoms with Gasteiger partial charge in [0.15, 0.2) is 11.6 Å². The van der Waals surface area contributed by atoms with Crippen molar-refractivity contribution in [2.24, 2.45) is 5.92 Å². The van der Waals surface area contributed by atoms with E-state index in [4.69, 9.17) is 0 Å². The molecule has 26 heavy (non-hydrogen) atoms. The number of hydrogen-bond donors (Lipinski definition) is 0. The van der Waals surface area contributed by atoms with Crippen LogP contribution in [0.15, 0.2) is 12.1 Å². The van der Waals surface area contributed by atoms with E-state index in [1.165, 1.54) is 38.5 Å². The highest BCUT2D eigenvalue weighted by Gasteiger charge is 2.24. The minimum absolute atomic E-state index is 0.340. The summed E-state index contributed by atoms with van der Waals surface area (Å²) in [6, 6.07) is 4.17. The van der Waals surface area contributed by atoms with Gasteiger partial charge in [0.1, 0.15) is 0 Å². The molecule has 3 fully saturated rings. The fourth-order valence-corrected chi connectivity index (χ4v) is 4.57. The third kappa shape index (κ3) is 4.10. The van der Waals surface area contributed by atoms with E-state index < -0.39 is 0 Å². The van der Waals surface area contributed by atoms with Crippen molar-refractivity contribution in [1.82, 2.24) is 15.1 Å². The summed E-state index contributed by atoms with van der Waals surface area (Å²) in [5.41, 5.74) is 0. The smallest absolute Gasteiger partial charge is 0.222 e. The van der Waals surface area contributed by atoms with Crippen LogP contribution in [0, 0.1) is 5.92 Å². The van der Waals surface area contributed by atoms with Gasteiger partial charge in [-0.25, -0.2) is 0 Å². The van der Waals surface area contributed by atoms with Crippen LogP contribution in [0.5, 0.6) is 0 Å². The number of carbonyl (C=O) groups is 1. The maximum Gasteiger partial charge on any atom is 0.222 e. The average Bonchev–Trinajstić information content (AvgIpc) is 3.40. The van der Waals surface area contributed by atoms with E-state index in [1.54, 1.807) is 0 Å². The standard InChI is InChI=1S/C20H31N5O/c26-20(10-7-17-5-1-2-6-17)25-15-13-24(14-16-25)19-9-8-18(21-22-19)23-11-3-4-12-23/h8-9,17H,1-7,10-16H2. The fraction of sp³-hybridized carbons (Fsp3) is 0.750. The number of piperazine rings is 1. The lowest BCUT2D eigenvalue weighted by molar-refractivity contribution is -0.131. The predicted molar refractivity (Wildman–Crippen MR) is 103 cm³/mol. The van der Waals surface area contributed by atoms with Crippen LogP contribution in [0.2, 0.25) is 0 Å². The van der Waals surface area contributed by atoms with E-state index >= 15 is 0 Å². The Hall–Kier alpha value is -1.85. The molecular formula is C20H31N5O. The van der Waals surface area contributed by atoms with Gasteiger partial charge in [-0.15, -0.1) is 10.2 Å². The maximum absolute atomic E-state index is 12.5. The summed E-state index contributed by atoms with van der Waals surface area (Å²) in [5.74, 6) is 3.06. The Balaban J connectivity index is 1.24. The second kappa shape index (κ2) is 8.23. The average molecular weight is 358 g/mol. The molecule has 2 aliphatic heterocycles. The van der Waals surface area contributed by atoms with Gasteiger partial charge in [0.05, 0.1) is 0 Å². The Bertz CT molecular complexity index is 585. The molecule has 6 nitrogen and oxygen atoms in total. The van der Waals surface area contributed by atoms with Crippen LogP contribution in [0.4, 0.5) is 11.6 Å². The molecule has 3 heterocycles. The molecular weight excluding hydrogens is 326 g/mol. The summed E-state index contributed by atoms with van der Waals surface area (Å²) in [6.45, 7) is 5.50. The first kappa shape index (κ1) is 17.6. The minimum Gasteiger partial charge on any atom is -0.355 e. The highest BCUT2D eigenvalue weighted by molar-refractivity contribution is 5.76. The maximum atomic E-state index is 12.5. The van der Waals surface area contributed by atoms with E-state index in [0.29, 0.717) is 5.91 Å². The molecule has 6 heteroatoms. The molecule has 1 amide bonds. The minimum atomic E-state index is 0.340. The molecule has 0 radical (unpaired) electrons. The number of anilines is 2. The van der Waals surface area contributed by atoms with Crippen LogP contribution in [0.3, 0.4) is 0 Å². The molecule has 1 aromatic rings. The summed E-state index contributed by atoms with van der Waals surface area (Å²) < 4.78 is 0. The van der Waals surface area contributed by atoms with Crippen LogP contribution in [-0.2, 0) is 4.79 Å². The van der Waals surface area contributed by atoms with Crippen molar-refractivity contribution in [3.05, 3.63) is 12.1 Å². The second-order valence-electron chi connectivity index (χ2n) is 8.00. The normalized spacial score (nSPS) is 21.6. The van der Waals surface area contributed by atoms with E-state index in [1.807, 2.05) is 4.90 Å². The van der Waals surface area contributed by atoms with Gasteiger partial charge in [0, 0.05) is 45.7 Å². The molecule has 1 saturated carbocycles. The second-order valence-corrected chi connectivity index (χ2v) is 8.00. The lowest BCUT2D eigenvalue weighted by Crippen LogP contribution is -2.49. The Kier molecular flexibility index (Phi) is 5.56. The SMILES string of the molecule is O=C(CCC1CCCC1)N1CCN(c2ccc(N3CCCC3)nn2)CC1. The van der Waals surface area contributed by atoms with Crippen LogP contribution >= 0.6 is 0 Å². The molecule has 1 aliphatic carbocycles. The first-order valence-corrected chi connectivity index (χ1v) is 10.4. The van der Waals surface area contributed by atoms with Crippen LogP contribution in [-0.4, -0.2) is 60.3 Å². The molecule has 2 saturated heterocycles. The van der Waals surface area contributed by atoms with Crippen LogP contribution in [0.25, 0.3) is 0 Å². The number of hydrogen-bond acceptors (Lipinski definition) is 5. The van der Waals surface area contributed by atoms with E-state index in [-0.39, 0.29) is 0 Å². The van der Waals surface area contributed by atoms with E-state index in [0.717, 1.165) is 69.7 Å². The van der Waals surface area contributed by atoms with Crippen LogP contribution in [0.1, 0.15) is 51.4 Å². The van der Waals surface area contributed by atoms with Crippen molar-refractivity contribution in [2.75, 3.05) is 49.1 Å². The Morgan fingerprint density at radius 2 is 1.42 bits per heavy atom. The number of nitrogens with zero attached hydrogens (tertiary/aromatic N) is 5. The molecule has 0 spiro atoms. The molecule has 0 atom stereocenters. The number of rotatable bonds is 5. The van der Waals surface area contributed by atoms with E-state index in [9.17, 15) is 4.79 Å². The van der Waals surface area contributed by atoms with Crippen molar-refractivity contribution >= 4 is 17.5 Å². The molecule has 4 rings (SSSR count). The zero-order valence-corrected chi connectivity index (χ0v) is 15.8. The zero-order valence-electron chi connectivity index (χ0n) is 15.8. The Morgan fingerprint density at radius 1 is 0.846 bits per heavy atom. The summed E-state index contributed by atoms with van der Waals surface area (Å²) in [5, 5.41) is 8.85. The monoisotopic (exact) mass is 357 g/mol. The number of aromatic nitrogens is 2. The third-order valence-electron chi connectivity index (χ3n) is 6.26. The largest absolute Gasteiger partial charge is 0.355 e. The van der Waals surface area contributed by atoms with Crippen molar-refractivity contribution < 1.29 is 4.79 Å². The van der Waals surface area contributed by atoms with E-state index in [2.05, 4.69) is 32.1 Å². The van der Waals surface area contributed by atoms with Gasteiger partial charge in [0.25, 0.3) is 0 Å². The molecule has 3 aliphatic rings. The first-order valence-electron chi connectivity index (χ1n) is 10.4. The molecule has 0 unspecified atom stereocenters. The topological polar surface area (TPSA) is 52.6 Å². The first-order chi connectivity index (χ1) is 12.8. The quantitative estimate of drug-likeness (QED) is 0.811. The molecule has 0 aromatic carbocycles. The van der Waals surface area contributed by atoms with Crippen molar-refractivity contribution in [3.63, 3.8) is 0 Å². The lowest BCUT2D eigenvalue weighted by Gasteiger charge is -2.35. The number of amides is 1. The van der Waals surface area contributed by atoms with Crippen LogP contribution < -0.4 is 9.80 Å². The fourth-order valence-electron chi connectivity index (χ4n) is 4.57. The van der Waals surface area contributed by atoms with Gasteiger partial charge >= 0.3 is 0 Å². The molecule has 0 N–H and O–H groups in total. The van der Waals surface area contributed by atoms with Gasteiger partial charge in [-0.3, -0.25) is 4.79 Å².